The Morgan fingerprint density at radius 1 is 0.841 bits per heavy atom. The molecule has 1 saturated carbocycles. The monoisotopic (exact) mass is 601 g/mol. The van der Waals surface area contributed by atoms with Crippen molar-refractivity contribution >= 4 is 6.09 Å². The zero-order valence-electron chi connectivity index (χ0n) is 27.2. The van der Waals surface area contributed by atoms with Gasteiger partial charge in [0.2, 0.25) is 0 Å². The van der Waals surface area contributed by atoms with Gasteiger partial charge >= 0.3 is 6.09 Å². The second kappa shape index (κ2) is 13.4. The van der Waals surface area contributed by atoms with E-state index in [4.69, 9.17) is 23.7 Å². The maximum Gasteiger partial charge on any atom is 0.410 e. The summed E-state index contributed by atoms with van der Waals surface area (Å²) in [4.78, 5) is 16.2. The fourth-order valence-corrected chi connectivity index (χ4v) is 7.26. The fourth-order valence-electron chi connectivity index (χ4n) is 7.26. The van der Waals surface area contributed by atoms with Gasteiger partial charge in [0.15, 0.2) is 23.0 Å². The largest absolute Gasteiger partial charge is 0.493 e. The van der Waals surface area contributed by atoms with Crippen LogP contribution in [0, 0.1) is 11.8 Å². The highest BCUT2D eigenvalue weighted by molar-refractivity contribution is 5.70. The highest BCUT2D eigenvalue weighted by atomic mass is 16.6. The van der Waals surface area contributed by atoms with E-state index in [2.05, 4.69) is 51.1 Å². The van der Waals surface area contributed by atoms with E-state index >= 15 is 0 Å². The van der Waals surface area contributed by atoms with Crippen molar-refractivity contribution in [3.8, 4) is 23.0 Å². The summed E-state index contributed by atoms with van der Waals surface area (Å²) < 4.78 is 29.0. The molecule has 0 aromatic heterocycles. The Labute approximate surface area is 262 Å². The van der Waals surface area contributed by atoms with E-state index in [-0.39, 0.29) is 29.6 Å². The standard InChI is InChI=1S/C37H47NO6/c1-24-13-15-29(37(2,3)27-11-9-8-10-12-27)32(19-24)44-36(39)38-18-17-26-22-34(42-6)35(43-7)23-28(26)30(38)20-25-14-16-31(40-4)33(21-25)41-5/h8-12,14,16,21-24,29-30,32H,13,15,17-20H2,1-7H3/t24-,29-,30+,32-/m1/s1. The van der Waals surface area contributed by atoms with Gasteiger partial charge in [-0.25, -0.2) is 4.79 Å². The second-order valence-electron chi connectivity index (χ2n) is 12.8. The van der Waals surface area contributed by atoms with Gasteiger partial charge in [-0.05, 0) is 83.5 Å². The van der Waals surface area contributed by atoms with Crippen LogP contribution in [0.25, 0.3) is 0 Å². The van der Waals surface area contributed by atoms with Crippen LogP contribution in [0.15, 0.2) is 60.7 Å². The number of fused-ring (bicyclic) bond motifs is 1. The molecule has 0 bridgehead atoms. The van der Waals surface area contributed by atoms with Gasteiger partial charge in [0.25, 0.3) is 0 Å². The van der Waals surface area contributed by atoms with Crippen LogP contribution in [0.3, 0.4) is 0 Å². The smallest absolute Gasteiger partial charge is 0.410 e. The fraction of sp³-hybridized carbons (Fsp3) is 0.486. The molecule has 0 saturated heterocycles. The van der Waals surface area contributed by atoms with Crippen LogP contribution < -0.4 is 18.9 Å². The molecule has 0 unspecified atom stereocenters. The first kappa shape index (κ1) is 31.6. The quantitative estimate of drug-likeness (QED) is 0.250. The molecule has 1 amide bonds. The molecule has 1 aliphatic carbocycles. The lowest BCUT2D eigenvalue weighted by atomic mass is 9.64. The average molecular weight is 602 g/mol. The average Bonchev–Trinajstić information content (AvgIpc) is 3.04. The number of benzene rings is 3. The lowest BCUT2D eigenvalue weighted by molar-refractivity contribution is -0.0239. The molecular formula is C37H47NO6. The third-order valence-electron chi connectivity index (χ3n) is 9.87. The summed E-state index contributed by atoms with van der Waals surface area (Å²) in [5, 5.41) is 0. The van der Waals surface area contributed by atoms with E-state index in [0.29, 0.717) is 48.3 Å². The number of carbonyl (C=O) groups is 1. The van der Waals surface area contributed by atoms with Crippen molar-refractivity contribution in [2.45, 2.75) is 70.4 Å². The molecule has 1 heterocycles. The summed E-state index contributed by atoms with van der Waals surface area (Å²) in [5.74, 6) is 3.37. The zero-order chi connectivity index (χ0) is 31.4. The Hall–Kier alpha value is -3.87. The van der Waals surface area contributed by atoms with E-state index in [1.807, 2.05) is 35.2 Å². The molecule has 2 aliphatic rings. The minimum atomic E-state index is -0.260. The van der Waals surface area contributed by atoms with Crippen molar-refractivity contribution in [3.05, 3.63) is 82.9 Å². The number of amides is 1. The topological polar surface area (TPSA) is 66.5 Å². The van der Waals surface area contributed by atoms with Gasteiger partial charge in [-0.3, -0.25) is 0 Å². The molecule has 0 N–H and O–H groups in total. The molecule has 0 spiro atoms. The van der Waals surface area contributed by atoms with Crippen LogP contribution in [0.5, 0.6) is 23.0 Å². The van der Waals surface area contributed by atoms with E-state index < -0.39 is 0 Å². The van der Waals surface area contributed by atoms with Crippen LogP contribution in [-0.2, 0) is 23.0 Å². The second-order valence-corrected chi connectivity index (χ2v) is 12.8. The van der Waals surface area contributed by atoms with Crippen molar-refractivity contribution in [1.29, 1.82) is 0 Å². The van der Waals surface area contributed by atoms with Crippen molar-refractivity contribution in [1.82, 2.24) is 4.90 Å². The van der Waals surface area contributed by atoms with Crippen molar-refractivity contribution in [2.75, 3.05) is 35.0 Å². The molecule has 1 aliphatic heterocycles. The Morgan fingerprint density at radius 2 is 1.50 bits per heavy atom. The van der Waals surface area contributed by atoms with Gasteiger partial charge in [-0.15, -0.1) is 0 Å². The maximum atomic E-state index is 14.3. The molecule has 3 aromatic rings. The summed E-state index contributed by atoms with van der Waals surface area (Å²) >= 11 is 0. The van der Waals surface area contributed by atoms with E-state index in [0.717, 1.165) is 36.0 Å². The third-order valence-corrected chi connectivity index (χ3v) is 9.87. The lowest BCUT2D eigenvalue weighted by Gasteiger charge is -2.45. The van der Waals surface area contributed by atoms with E-state index in [1.165, 1.54) is 5.56 Å². The van der Waals surface area contributed by atoms with E-state index in [9.17, 15) is 4.79 Å². The Bertz CT molecular complexity index is 1440. The predicted molar refractivity (Wildman–Crippen MR) is 172 cm³/mol. The van der Waals surface area contributed by atoms with Crippen LogP contribution in [-0.4, -0.2) is 52.1 Å². The molecule has 1 fully saturated rings. The summed E-state index contributed by atoms with van der Waals surface area (Å²) in [6.45, 7) is 7.40. The van der Waals surface area contributed by atoms with Gasteiger partial charge in [0.05, 0.1) is 34.5 Å². The summed E-state index contributed by atoms with van der Waals surface area (Å²) in [7, 11) is 6.55. The van der Waals surface area contributed by atoms with Crippen molar-refractivity contribution < 1.29 is 28.5 Å². The molecule has 0 radical (unpaired) electrons. The minimum Gasteiger partial charge on any atom is -0.493 e. The minimum absolute atomic E-state index is 0.135. The Morgan fingerprint density at radius 3 is 2.18 bits per heavy atom. The number of methoxy groups -OCH3 is 4. The maximum absolute atomic E-state index is 14.3. The van der Waals surface area contributed by atoms with Gasteiger partial charge in [-0.2, -0.15) is 0 Å². The van der Waals surface area contributed by atoms with Crippen molar-refractivity contribution in [3.63, 3.8) is 0 Å². The van der Waals surface area contributed by atoms with Gasteiger partial charge in [0.1, 0.15) is 6.10 Å². The number of hydrogen-bond donors (Lipinski definition) is 0. The van der Waals surface area contributed by atoms with E-state index in [1.54, 1.807) is 28.4 Å². The molecule has 4 atom stereocenters. The first-order chi connectivity index (χ1) is 21.2. The summed E-state index contributed by atoms with van der Waals surface area (Å²) in [5.41, 5.74) is 4.36. The number of ether oxygens (including phenoxy) is 5. The molecular weight excluding hydrogens is 554 g/mol. The molecule has 44 heavy (non-hydrogen) atoms. The van der Waals surface area contributed by atoms with Crippen molar-refractivity contribution in [2.24, 2.45) is 11.8 Å². The Balaban J connectivity index is 1.48. The molecule has 7 heteroatoms. The summed E-state index contributed by atoms with van der Waals surface area (Å²) in [6.07, 6.45) is 3.87. The normalized spacial score (nSPS) is 21.7. The van der Waals surface area contributed by atoms with Crippen LogP contribution >= 0.6 is 0 Å². The molecule has 5 rings (SSSR count). The predicted octanol–water partition coefficient (Wildman–Crippen LogP) is 7.78. The third kappa shape index (κ3) is 6.33. The number of hydrogen-bond acceptors (Lipinski definition) is 6. The molecule has 236 valence electrons. The lowest BCUT2D eigenvalue weighted by Crippen LogP contribution is -2.47. The summed E-state index contributed by atoms with van der Waals surface area (Å²) in [6, 6.07) is 20.4. The SMILES string of the molecule is COc1ccc(C[C@H]2c3cc(OC)c(OC)cc3CCN2C(=O)O[C@@H]2C[C@H](C)CC[C@H]2C(C)(C)c2ccccc2)cc1OC. The highest BCUT2D eigenvalue weighted by Crippen LogP contribution is 2.45. The first-order valence-corrected chi connectivity index (χ1v) is 15.7. The van der Waals surface area contributed by atoms with Gasteiger partial charge in [-0.1, -0.05) is 63.6 Å². The number of rotatable bonds is 9. The zero-order valence-corrected chi connectivity index (χ0v) is 27.2. The Kier molecular flexibility index (Phi) is 9.62. The van der Waals surface area contributed by atoms with Gasteiger partial charge < -0.3 is 28.6 Å². The number of nitrogens with zero attached hydrogens (tertiary/aromatic N) is 1. The first-order valence-electron chi connectivity index (χ1n) is 15.7. The number of carbonyl (C=O) groups excluding carboxylic acids is 1. The molecule has 3 aromatic carbocycles. The van der Waals surface area contributed by atoms with Crippen LogP contribution in [0.4, 0.5) is 4.79 Å². The highest BCUT2D eigenvalue weighted by Gasteiger charge is 2.43. The molecule has 7 nitrogen and oxygen atoms in total. The van der Waals surface area contributed by atoms with Crippen LogP contribution in [0.1, 0.15) is 68.3 Å². The van der Waals surface area contributed by atoms with Crippen LogP contribution in [0.2, 0.25) is 0 Å². The van der Waals surface area contributed by atoms with Gasteiger partial charge in [0, 0.05) is 12.5 Å².